The van der Waals surface area contributed by atoms with Gasteiger partial charge >= 0.3 is 0 Å². The van der Waals surface area contributed by atoms with Crippen LogP contribution in [0.4, 0.5) is 0 Å². The van der Waals surface area contributed by atoms with Crippen LogP contribution in [0.1, 0.15) is 56.2 Å². The van der Waals surface area contributed by atoms with Gasteiger partial charge in [0, 0.05) is 42.9 Å². The van der Waals surface area contributed by atoms with Crippen molar-refractivity contribution in [3.8, 4) is 56.7 Å². The topological polar surface area (TPSA) is 67.6 Å². The van der Waals surface area contributed by atoms with E-state index < -0.39 is 0 Å². The van der Waals surface area contributed by atoms with Gasteiger partial charge in [0.05, 0.1) is 22.4 Å². The van der Waals surface area contributed by atoms with Gasteiger partial charge in [0.15, 0.2) is 0 Å². The Kier molecular flexibility index (Phi) is 11.9. The van der Waals surface area contributed by atoms with Gasteiger partial charge in [-0.25, -0.2) is 0 Å². The molecule has 0 aliphatic heterocycles. The largest absolute Gasteiger partial charge is 0.499 e. The standard InChI is InChI=1S/C44H34N3O.C11H8N.Ir/c1-27(2)36-24-31(29-14-7-5-8-15-29)25-37(28(3)4)41(36)47-40-21-12-11-20-39(40)46-44(47)35-19-13-18-33-34-23-22-32(30-16-9-6-10-17-30)38(26-45)43(34)48-42(33)35;1-2-6-10(7-3-1)11-8-4-5-9-12-11;/h5-18,20-25,27-28H,1-4H3;1-6,8-9H;/q2*-1;. The van der Waals surface area contributed by atoms with Crippen molar-refractivity contribution in [2.24, 2.45) is 0 Å². The summed E-state index contributed by atoms with van der Waals surface area (Å²) in [4.78, 5) is 9.49. The minimum Gasteiger partial charge on any atom is -0.499 e. The second kappa shape index (κ2) is 17.8. The Balaban J connectivity index is 0.000000340. The van der Waals surface area contributed by atoms with Gasteiger partial charge in [-0.1, -0.05) is 136 Å². The van der Waals surface area contributed by atoms with Crippen LogP contribution in [0.15, 0.2) is 174 Å². The molecule has 10 aromatic rings. The summed E-state index contributed by atoms with van der Waals surface area (Å²) in [5.74, 6) is 1.25. The van der Waals surface area contributed by atoms with Crippen LogP contribution in [0.5, 0.6) is 0 Å². The van der Waals surface area contributed by atoms with E-state index in [1.165, 1.54) is 22.3 Å². The molecular formula is C55H42IrN4O-2. The average Bonchev–Trinajstić information content (AvgIpc) is 3.88. The van der Waals surface area contributed by atoms with Gasteiger partial charge in [0.1, 0.15) is 17.2 Å². The van der Waals surface area contributed by atoms with Crippen LogP contribution in [-0.4, -0.2) is 14.5 Å². The molecule has 0 amide bonds. The molecule has 0 saturated heterocycles. The molecule has 299 valence electrons. The van der Waals surface area contributed by atoms with Crippen molar-refractivity contribution in [2.45, 2.75) is 39.5 Å². The van der Waals surface area contributed by atoms with Crippen molar-refractivity contribution in [3.63, 3.8) is 0 Å². The number of para-hydroxylation sites is 2. The fourth-order valence-corrected chi connectivity index (χ4v) is 8.05. The number of aromatic nitrogens is 3. The Morgan fingerprint density at radius 1 is 0.623 bits per heavy atom. The van der Waals surface area contributed by atoms with Crippen molar-refractivity contribution in [2.75, 3.05) is 0 Å². The van der Waals surface area contributed by atoms with E-state index in [9.17, 15) is 5.26 Å². The molecule has 0 aliphatic carbocycles. The molecule has 0 aliphatic rings. The first-order chi connectivity index (χ1) is 29.4. The van der Waals surface area contributed by atoms with Gasteiger partial charge in [-0.3, -0.25) is 4.98 Å². The van der Waals surface area contributed by atoms with E-state index in [0.29, 0.717) is 16.7 Å². The van der Waals surface area contributed by atoms with Gasteiger partial charge in [-0.2, -0.15) is 5.26 Å². The van der Waals surface area contributed by atoms with Crippen molar-refractivity contribution < 1.29 is 24.5 Å². The Labute approximate surface area is 370 Å². The molecule has 61 heavy (non-hydrogen) atoms. The zero-order valence-electron chi connectivity index (χ0n) is 34.4. The van der Waals surface area contributed by atoms with Crippen molar-refractivity contribution in [1.29, 1.82) is 5.26 Å². The Bertz CT molecular complexity index is 3080. The van der Waals surface area contributed by atoms with Gasteiger partial charge in [0.25, 0.3) is 0 Å². The van der Waals surface area contributed by atoms with Gasteiger partial charge in [-0.15, -0.1) is 54.1 Å². The van der Waals surface area contributed by atoms with Gasteiger partial charge in [-0.05, 0) is 75.7 Å². The van der Waals surface area contributed by atoms with E-state index in [1.54, 1.807) is 6.20 Å². The summed E-state index contributed by atoms with van der Waals surface area (Å²) in [5.41, 5.74) is 14.4. The fraction of sp³-hybridized carbons (Fsp3) is 0.109. The zero-order chi connectivity index (χ0) is 41.2. The maximum Gasteiger partial charge on any atom is 0.139 e. The van der Waals surface area contributed by atoms with Crippen LogP contribution in [0.3, 0.4) is 0 Å². The Hall–Kier alpha value is -6.90. The number of hydrogen-bond acceptors (Lipinski definition) is 4. The Morgan fingerprint density at radius 2 is 1.28 bits per heavy atom. The third kappa shape index (κ3) is 7.83. The molecule has 5 nitrogen and oxygen atoms in total. The molecule has 0 bridgehead atoms. The summed E-state index contributed by atoms with van der Waals surface area (Å²) in [6.07, 6.45) is 1.79. The predicted octanol–water partition coefficient (Wildman–Crippen LogP) is 14.4. The van der Waals surface area contributed by atoms with Crippen LogP contribution in [0.2, 0.25) is 0 Å². The second-order valence-electron chi connectivity index (χ2n) is 15.5. The van der Waals surface area contributed by atoms with E-state index in [1.807, 2.05) is 97.1 Å². The summed E-state index contributed by atoms with van der Waals surface area (Å²) in [7, 11) is 0. The van der Waals surface area contributed by atoms with E-state index in [4.69, 9.17) is 9.40 Å². The summed E-state index contributed by atoms with van der Waals surface area (Å²) in [6.45, 7) is 9.04. The monoisotopic (exact) mass is 967 g/mol. The molecule has 0 spiro atoms. The fourth-order valence-electron chi connectivity index (χ4n) is 8.05. The number of benzene rings is 7. The van der Waals surface area contributed by atoms with E-state index in [2.05, 4.69) is 122 Å². The summed E-state index contributed by atoms with van der Waals surface area (Å²) in [5, 5.41) is 12.2. The number of fused-ring (bicyclic) bond motifs is 4. The van der Waals surface area contributed by atoms with Crippen LogP contribution in [0.25, 0.3) is 83.6 Å². The molecule has 0 N–H and O–H groups in total. The molecule has 6 heteroatoms. The average molecular weight is 967 g/mol. The Morgan fingerprint density at radius 3 is 1.93 bits per heavy atom. The van der Waals surface area contributed by atoms with Gasteiger partial charge < -0.3 is 14.0 Å². The molecule has 1 radical (unpaired) electrons. The normalized spacial score (nSPS) is 11.1. The summed E-state index contributed by atoms with van der Waals surface area (Å²) >= 11 is 0. The number of furan rings is 1. The number of hydrogen-bond donors (Lipinski definition) is 0. The minimum atomic E-state index is 0. The quantitative estimate of drug-likeness (QED) is 0.149. The molecule has 7 aromatic carbocycles. The minimum absolute atomic E-state index is 0. The first kappa shape index (κ1) is 40.9. The molecular weight excluding hydrogens is 925 g/mol. The van der Waals surface area contributed by atoms with Crippen LogP contribution < -0.4 is 0 Å². The van der Waals surface area contributed by atoms with Crippen LogP contribution in [0, 0.1) is 23.5 Å². The SMILES string of the molecule is CC(C)c1cc(-c2ccccc2)cc(C(C)C)c1-n1c(-c2[c-]ccc3c2oc2c(C#N)c(-c4ccccc4)ccc23)nc2ccccc21.[Ir].[c-]1ccccc1-c1ccccn1. The third-order valence-corrected chi connectivity index (χ3v) is 11.0. The number of imidazole rings is 1. The van der Waals surface area contributed by atoms with Crippen molar-refractivity contribution in [3.05, 3.63) is 199 Å². The number of pyridine rings is 1. The predicted molar refractivity (Wildman–Crippen MR) is 245 cm³/mol. The summed E-state index contributed by atoms with van der Waals surface area (Å²) in [6, 6.07) is 64.4. The van der Waals surface area contributed by atoms with E-state index in [-0.39, 0.29) is 31.9 Å². The number of rotatable bonds is 7. The summed E-state index contributed by atoms with van der Waals surface area (Å²) < 4.78 is 9.05. The molecule has 0 unspecified atom stereocenters. The molecule has 3 aromatic heterocycles. The van der Waals surface area contributed by atoms with E-state index in [0.717, 1.165) is 61.3 Å². The first-order valence-corrected chi connectivity index (χ1v) is 20.4. The van der Waals surface area contributed by atoms with Crippen LogP contribution in [-0.2, 0) is 20.1 Å². The maximum absolute atomic E-state index is 10.4. The van der Waals surface area contributed by atoms with Crippen LogP contribution >= 0.6 is 0 Å². The second-order valence-corrected chi connectivity index (χ2v) is 15.5. The number of nitriles is 1. The molecule has 0 saturated carbocycles. The van der Waals surface area contributed by atoms with Crippen molar-refractivity contribution in [1.82, 2.24) is 14.5 Å². The number of nitrogens with zero attached hydrogens (tertiary/aromatic N) is 4. The smallest absolute Gasteiger partial charge is 0.139 e. The molecule has 10 rings (SSSR count). The molecule has 0 fully saturated rings. The van der Waals surface area contributed by atoms with Crippen molar-refractivity contribution >= 4 is 33.0 Å². The van der Waals surface area contributed by atoms with E-state index >= 15 is 0 Å². The maximum atomic E-state index is 10.4. The molecule has 0 atom stereocenters. The third-order valence-electron chi connectivity index (χ3n) is 11.0. The van der Waals surface area contributed by atoms with Gasteiger partial charge in [0.2, 0.25) is 0 Å². The zero-order valence-corrected chi connectivity index (χ0v) is 36.7. The first-order valence-electron chi connectivity index (χ1n) is 20.4. The molecule has 3 heterocycles.